The lowest BCUT2D eigenvalue weighted by Crippen LogP contribution is -2.11. The summed E-state index contributed by atoms with van der Waals surface area (Å²) in [6.45, 7) is 0.440. The number of benzene rings is 1. The van der Waals surface area contributed by atoms with Crippen LogP contribution in [0.4, 0.5) is 0 Å². The highest BCUT2D eigenvalue weighted by Gasteiger charge is 2.26. The Kier molecular flexibility index (Phi) is 1.77. The van der Waals surface area contributed by atoms with Crippen molar-refractivity contribution in [3.05, 3.63) is 17.7 Å². The van der Waals surface area contributed by atoms with Crippen LogP contribution in [-0.2, 0) is 0 Å². The van der Waals surface area contributed by atoms with Gasteiger partial charge in [0.1, 0.15) is 12.4 Å². The molecule has 0 saturated heterocycles. The van der Waals surface area contributed by atoms with Crippen LogP contribution >= 0.6 is 0 Å². The molecule has 2 rings (SSSR count). The van der Waals surface area contributed by atoms with E-state index in [4.69, 9.17) is 15.2 Å². The van der Waals surface area contributed by atoms with Gasteiger partial charge >= 0.3 is 0 Å². The van der Waals surface area contributed by atoms with E-state index in [9.17, 15) is 5.11 Å². The first-order valence-corrected chi connectivity index (χ1v) is 4.02. The summed E-state index contributed by atoms with van der Waals surface area (Å²) in [5.41, 5.74) is 6.53. The molecule has 0 aromatic heterocycles. The number of phenolic OH excluding ortho intramolecular Hbond substituents is 1. The standard InChI is InChI=1S/C9H11NO3/c1-12-9-6(11)2-3-7-8(9)5(10)4-13-7/h2-3,5,11H,4,10H2,1H3/t5-/m0/s1. The van der Waals surface area contributed by atoms with Gasteiger partial charge in [0, 0.05) is 0 Å². The van der Waals surface area contributed by atoms with Gasteiger partial charge in [0.2, 0.25) is 0 Å². The average Bonchev–Trinajstić information content (AvgIpc) is 2.49. The summed E-state index contributed by atoms with van der Waals surface area (Å²) >= 11 is 0. The van der Waals surface area contributed by atoms with Crippen LogP contribution < -0.4 is 15.2 Å². The fourth-order valence-electron chi connectivity index (χ4n) is 1.52. The van der Waals surface area contributed by atoms with Crippen LogP contribution in [0.3, 0.4) is 0 Å². The number of methoxy groups -OCH3 is 1. The van der Waals surface area contributed by atoms with E-state index in [1.165, 1.54) is 13.2 Å². The van der Waals surface area contributed by atoms with Crippen molar-refractivity contribution in [1.82, 2.24) is 0 Å². The van der Waals surface area contributed by atoms with Crippen molar-refractivity contribution in [1.29, 1.82) is 0 Å². The molecule has 0 fully saturated rings. The molecule has 1 heterocycles. The summed E-state index contributed by atoms with van der Waals surface area (Å²) in [4.78, 5) is 0. The van der Waals surface area contributed by atoms with Gasteiger partial charge < -0.3 is 20.3 Å². The van der Waals surface area contributed by atoms with E-state index in [1.807, 2.05) is 0 Å². The summed E-state index contributed by atoms with van der Waals surface area (Å²) < 4.78 is 10.3. The van der Waals surface area contributed by atoms with Gasteiger partial charge in [0.25, 0.3) is 0 Å². The van der Waals surface area contributed by atoms with E-state index in [1.54, 1.807) is 6.07 Å². The molecule has 1 aromatic carbocycles. The lowest BCUT2D eigenvalue weighted by atomic mass is 10.1. The molecule has 1 atom stereocenters. The van der Waals surface area contributed by atoms with Crippen molar-refractivity contribution in [2.45, 2.75) is 6.04 Å². The van der Waals surface area contributed by atoms with Gasteiger partial charge in [0.15, 0.2) is 11.5 Å². The Balaban J connectivity index is 2.60. The van der Waals surface area contributed by atoms with Crippen molar-refractivity contribution in [2.75, 3.05) is 13.7 Å². The van der Waals surface area contributed by atoms with Gasteiger partial charge in [-0.2, -0.15) is 0 Å². The Hall–Kier alpha value is -1.42. The largest absolute Gasteiger partial charge is 0.504 e. The van der Waals surface area contributed by atoms with Gasteiger partial charge in [-0.05, 0) is 12.1 Å². The van der Waals surface area contributed by atoms with Crippen LogP contribution in [0.1, 0.15) is 11.6 Å². The summed E-state index contributed by atoms with van der Waals surface area (Å²) in [6, 6.07) is 3.02. The first-order valence-electron chi connectivity index (χ1n) is 4.02. The van der Waals surface area contributed by atoms with Crippen LogP contribution in [0.15, 0.2) is 12.1 Å². The van der Waals surface area contributed by atoms with Gasteiger partial charge in [-0.3, -0.25) is 0 Å². The molecule has 13 heavy (non-hydrogen) atoms. The number of phenols is 1. The highest BCUT2D eigenvalue weighted by molar-refractivity contribution is 5.56. The Morgan fingerprint density at radius 2 is 2.38 bits per heavy atom. The first kappa shape index (κ1) is 8.19. The van der Waals surface area contributed by atoms with E-state index in [-0.39, 0.29) is 11.8 Å². The third-order valence-electron chi connectivity index (χ3n) is 2.13. The number of aromatic hydroxyl groups is 1. The van der Waals surface area contributed by atoms with Crippen LogP contribution in [0, 0.1) is 0 Å². The van der Waals surface area contributed by atoms with E-state index >= 15 is 0 Å². The second-order valence-corrected chi connectivity index (χ2v) is 2.95. The monoisotopic (exact) mass is 181 g/mol. The average molecular weight is 181 g/mol. The first-order chi connectivity index (χ1) is 6.24. The third kappa shape index (κ3) is 1.10. The number of fused-ring (bicyclic) bond motifs is 1. The van der Waals surface area contributed by atoms with E-state index in [0.29, 0.717) is 18.1 Å². The lowest BCUT2D eigenvalue weighted by molar-refractivity contribution is 0.333. The minimum atomic E-state index is -0.211. The van der Waals surface area contributed by atoms with Gasteiger partial charge in [0.05, 0.1) is 18.7 Å². The molecule has 0 bridgehead atoms. The maximum atomic E-state index is 9.46. The molecule has 0 radical (unpaired) electrons. The maximum Gasteiger partial charge on any atom is 0.169 e. The molecule has 1 aromatic rings. The van der Waals surface area contributed by atoms with E-state index in [2.05, 4.69) is 0 Å². The van der Waals surface area contributed by atoms with Crippen LogP contribution in [0.5, 0.6) is 17.2 Å². The number of hydrogen-bond acceptors (Lipinski definition) is 4. The molecule has 4 nitrogen and oxygen atoms in total. The summed E-state index contributed by atoms with van der Waals surface area (Å²) in [5.74, 6) is 1.21. The molecule has 0 aliphatic carbocycles. The summed E-state index contributed by atoms with van der Waals surface area (Å²) in [5, 5.41) is 9.46. The van der Waals surface area contributed by atoms with Crippen LogP contribution in [-0.4, -0.2) is 18.8 Å². The van der Waals surface area contributed by atoms with Crippen molar-refractivity contribution >= 4 is 0 Å². The van der Waals surface area contributed by atoms with Crippen molar-refractivity contribution < 1.29 is 14.6 Å². The number of ether oxygens (including phenoxy) is 2. The second-order valence-electron chi connectivity index (χ2n) is 2.95. The molecule has 1 aliphatic rings. The normalized spacial score (nSPS) is 19.4. The Labute approximate surface area is 75.9 Å². The minimum absolute atomic E-state index is 0.0993. The molecule has 0 amide bonds. The Morgan fingerprint density at radius 3 is 3.08 bits per heavy atom. The molecule has 0 spiro atoms. The number of hydrogen-bond donors (Lipinski definition) is 2. The summed E-state index contributed by atoms with van der Waals surface area (Å²) in [6.07, 6.45) is 0. The van der Waals surface area contributed by atoms with Gasteiger partial charge in [-0.15, -0.1) is 0 Å². The molecule has 0 saturated carbocycles. The highest BCUT2D eigenvalue weighted by Crippen LogP contribution is 2.43. The number of rotatable bonds is 1. The van der Waals surface area contributed by atoms with E-state index in [0.717, 1.165) is 5.56 Å². The summed E-state index contributed by atoms with van der Waals surface area (Å²) in [7, 11) is 1.50. The molecule has 0 unspecified atom stereocenters. The molecule has 4 heteroatoms. The van der Waals surface area contributed by atoms with Crippen molar-refractivity contribution in [2.24, 2.45) is 5.73 Å². The zero-order valence-corrected chi connectivity index (χ0v) is 7.28. The molecular formula is C9H11NO3. The quantitative estimate of drug-likeness (QED) is 0.672. The second kappa shape index (κ2) is 2.81. The van der Waals surface area contributed by atoms with E-state index < -0.39 is 0 Å². The van der Waals surface area contributed by atoms with Gasteiger partial charge in [-0.1, -0.05) is 0 Å². The third-order valence-corrected chi connectivity index (χ3v) is 2.13. The molecule has 1 aliphatic heterocycles. The lowest BCUT2D eigenvalue weighted by Gasteiger charge is -2.09. The topological polar surface area (TPSA) is 64.7 Å². The van der Waals surface area contributed by atoms with Crippen molar-refractivity contribution in [3.63, 3.8) is 0 Å². The smallest absolute Gasteiger partial charge is 0.169 e. The Morgan fingerprint density at radius 1 is 1.62 bits per heavy atom. The van der Waals surface area contributed by atoms with Crippen LogP contribution in [0.2, 0.25) is 0 Å². The fraction of sp³-hybridized carbons (Fsp3) is 0.333. The maximum absolute atomic E-state index is 9.46. The molecular weight excluding hydrogens is 170 g/mol. The van der Waals surface area contributed by atoms with Crippen LogP contribution in [0.25, 0.3) is 0 Å². The van der Waals surface area contributed by atoms with Crippen molar-refractivity contribution in [3.8, 4) is 17.2 Å². The van der Waals surface area contributed by atoms with Gasteiger partial charge in [-0.25, -0.2) is 0 Å². The highest BCUT2D eigenvalue weighted by atomic mass is 16.5. The Bertz CT molecular complexity index is 338. The number of nitrogens with two attached hydrogens (primary N) is 1. The fourth-order valence-corrected chi connectivity index (χ4v) is 1.52. The predicted molar refractivity (Wildman–Crippen MR) is 47.1 cm³/mol. The zero-order chi connectivity index (χ0) is 9.42. The molecule has 70 valence electrons. The molecule has 3 N–H and O–H groups in total. The predicted octanol–water partition coefficient (Wildman–Crippen LogP) is 0.793. The minimum Gasteiger partial charge on any atom is -0.504 e. The SMILES string of the molecule is COc1c(O)ccc2c1[C@@H](N)CO2. The zero-order valence-electron chi connectivity index (χ0n) is 7.28.